The van der Waals surface area contributed by atoms with Gasteiger partial charge in [-0.3, -0.25) is 5.10 Å². The number of benzene rings is 1. The van der Waals surface area contributed by atoms with Crippen LogP contribution in [0.2, 0.25) is 0 Å². The molecule has 3 N–H and O–H groups in total. The highest BCUT2D eigenvalue weighted by molar-refractivity contribution is 14.1. The van der Waals surface area contributed by atoms with E-state index in [0.29, 0.717) is 5.82 Å². The van der Waals surface area contributed by atoms with Crippen LogP contribution in [0.4, 0.5) is 5.69 Å². The van der Waals surface area contributed by atoms with Crippen LogP contribution >= 0.6 is 22.6 Å². The number of aryl methyl sites for hydroxylation is 1. The van der Waals surface area contributed by atoms with Gasteiger partial charge in [-0.1, -0.05) is 0 Å². The summed E-state index contributed by atoms with van der Waals surface area (Å²) in [6.45, 7) is 1.87. The Labute approximate surface area is 95.1 Å². The Hall–Kier alpha value is -1.11. The summed E-state index contributed by atoms with van der Waals surface area (Å²) >= 11 is 2.22. The minimum Gasteiger partial charge on any atom is -0.399 e. The molecule has 0 saturated carbocycles. The quantitative estimate of drug-likeness (QED) is 0.625. The molecule has 0 amide bonds. The van der Waals surface area contributed by atoms with E-state index in [4.69, 9.17) is 5.73 Å². The number of nitrogens with zero attached hydrogens (tertiary/aromatic N) is 2. The molecule has 0 aliphatic rings. The van der Waals surface area contributed by atoms with E-state index < -0.39 is 0 Å². The Morgan fingerprint density at radius 2 is 2.14 bits per heavy atom. The molecule has 2 rings (SSSR count). The lowest BCUT2D eigenvalue weighted by molar-refractivity contribution is 1.04. The summed E-state index contributed by atoms with van der Waals surface area (Å²) < 4.78 is 1.08. The number of aromatic nitrogens is 3. The number of rotatable bonds is 1. The Kier molecular flexibility index (Phi) is 2.40. The first kappa shape index (κ1) is 9.45. The van der Waals surface area contributed by atoms with Gasteiger partial charge in [0.1, 0.15) is 5.82 Å². The van der Waals surface area contributed by atoms with Crippen LogP contribution < -0.4 is 5.73 Å². The van der Waals surface area contributed by atoms with Gasteiger partial charge in [0.25, 0.3) is 0 Å². The maximum Gasteiger partial charge on any atom is 0.181 e. The molecule has 0 saturated heterocycles. The molecule has 0 radical (unpaired) electrons. The number of hydrogen-bond donors (Lipinski definition) is 2. The smallest absolute Gasteiger partial charge is 0.181 e. The highest BCUT2D eigenvalue weighted by Gasteiger charge is 2.04. The lowest BCUT2D eigenvalue weighted by atomic mass is 10.2. The third kappa shape index (κ3) is 1.87. The van der Waals surface area contributed by atoms with E-state index in [0.717, 1.165) is 20.6 Å². The van der Waals surface area contributed by atoms with Crippen LogP contribution in [0.15, 0.2) is 18.2 Å². The molecular formula is C9H9IN4. The minimum atomic E-state index is 0.688. The number of hydrogen-bond acceptors (Lipinski definition) is 3. The lowest BCUT2D eigenvalue weighted by Crippen LogP contribution is -1.89. The van der Waals surface area contributed by atoms with Gasteiger partial charge in [0.15, 0.2) is 5.82 Å². The van der Waals surface area contributed by atoms with Crippen molar-refractivity contribution in [2.75, 3.05) is 5.73 Å². The van der Waals surface area contributed by atoms with E-state index in [-0.39, 0.29) is 0 Å². The van der Waals surface area contributed by atoms with E-state index in [1.54, 1.807) is 0 Å². The third-order valence-corrected chi connectivity index (χ3v) is 2.40. The van der Waals surface area contributed by atoms with E-state index in [1.165, 1.54) is 0 Å². The molecule has 72 valence electrons. The normalized spacial score (nSPS) is 10.4. The second kappa shape index (κ2) is 3.56. The van der Waals surface area contributed by atoms with Crippen LogP contribution in [0.5, 0.6) is 0 Å². The molecule has 14 heavy (non-hydrogen) atoms. The Morgan fingerprint density at radius 1 is 1.36 bits per heavy atom. The van der Waals surface area contributed by atoms with Crippen molar-refractivity contribution in [1.29, 1.82) is 0 Å². The van der Waals surface area contributed by atoms with Crippen molar-refractivity contribution in [2.45, 2.75) is 6.92 Å². The predicted molar refractivity (Wildman–Crippen MR) is 63.7 cm³/mol. The Morgan fingerprint density at radius 3 is 2.71 bits per heavy atom. The summed E-state index contributed by atoms with van der Waals surface area (Å²) in [5.74, 6) is 1.49. The fraction of sp³-hybridized carbons (Fsp3) is 0.111. The van der Waals surface area contributed by atoms with Crippen molar-refractivity contribution in [2.24, 2.45) is 0 Å². The summed E-state index contributed by atoms with van der Waals surface area (Å²) in [7, 11) is 0. The monoisotopic (exact) mass is 300 g/mol. The van der Waals surface area contributed by atoms with Crippen molar-refractivity contribution >= 4 is 28.3 Å². The van der Waals surface area contributed by atoms with Crippen LogP contribution in [-0.2, 0) is 0 Å². The zero-order valence-electron chi connectivity index (χ0n) is 7.58. The molecule has 0 bridgehead atoms. The zero-order valence-corrected chi connectivity index (χ0v) is 9.74. The first-order chi connectivity index (χ1) is 6.65. The molecule has 0 aliphatic carbocycles. The number of halogens is 1. The third-order valence-electron chi connectivity index (χ3n) is 1.78. The van der Waals surface area contributed by atoms with E-state index >= 15 is 0 Å². The van der Waals surface area contributed by atoms with Gasteiger partial charge in [0, 0.05) is 14.8 Å². The second-order valence-corrected chi connectivity index (χ2v) is 4.26. The number of H-pyrrole nitrogens is 1. The lowest BCUT2D eigenvalue weighted by Gasteiger charge is -1.99. The van der Waals surface area contributed by atoms with Crippen molar-refractivity contribution in [3.05, 3.63) is 27.6 Å². The van der Waals surface area contributed by atoms with Gasteiger partial charge in [0.05, 0.1) is 0 Å². The summed E-state index contributed by atoms with van der Waals surface area (Å²) in [5.41, 5.74) is 7.41. The highest BCUT2D eigenvalue weighted by Crippen LogP contribution is 2.21. The van der Waals surface area contributed by atoms with Crippen LogP contribution in [0.25, 0.3) is 11.4 Å². The van der Waals surface area contributed by atoms with Crippen LogP contribution in [0.1, 0.15) is 5.82 Å². The van der Waals surface area contributed by atoms with Crippen molar-refractivity contribution in [3.63, 3.8) is 0 Å². The molecule has 0 spiro atoms. The van der Waals surface area contributed by atoms with Crippen molar-refractivity contribution < 1.29 is 0 Å². The molecule has 0 aliphatic heterocycles. The number of nitrogens with two attached hydrogens (primary N) is 1. The van der Waals surface area contributed by atoms with Crippen LogP contribution in [0, 0.1) is 10.5 Å². The minimum absolute atomic E-state index is 0.688. The standard InChI is InChI=1S/C9H9IN4/c1-5-12-9(14-13-5)6-2-7(10)4-8(11)3-6/h2-4H,11H2,1H3,(H,12,13,14). The van der Waals surface area contributed by atoms with Gasteiger partial charge in [-0.25, -0.2) is 4.98 Å². The Bertz CT molecular complexity index is 443. The molecular weight excluding hydrogens is 291 g/mol. The van der Waals surface area contributed by atoms with Gasteiger partial charge in [-0.2, -0.15) is 5.10 Å². The maximum atomic E-state index is 5.73. The maximum absolute atomic E-state index is 5.73. The molecule has 0 fully saturated rings. The van der Waals surface area contributed by atoms with E-state index in [1.807, 2.05) is 25.1 Å². The van der Waals surface area contributed by atoms with Gasteiger partial charge in [0.2, 0.25) is 0 Å². The number of nitrogens with one attached hydrogen (secondary N) is 1. The summed E-state index contributed by atoms with van der Waals surface area (Å²) in [4.78, 5) is 4.24. The first-order valence-electron chi connectivity index (χ1n) is 4.10. The second-order valence-electron chi connectivity index (χ2n) is 3.02. The summed E-state index contributed by atoms with van der Waals surface area (Å²) in [6.07, 6.45) is 0. The molecule has 1 heterocycles. The fourth-order valence-electron chi connectivity index (χ4n) is 1.21. The zero-order chi connectivity index (χ0) is 10.1. The number of nitrogen functional groups attached to an aromatic ring is 1. The van der Waals surface area contributed by atoms with Crippen molar-refractivity contribution in [1.82, 2.24) is 15.2 Å². The largest absolute Gasteiger partial charge is 0.399 e. The van der Waals surface area contributed by atoms with Crippen molar-refractivity contribution in [3.8, 4) is 11.4 Å². The fourth-order valence-corrected chi connectivity index (χ4v) is 1.91. The van der Waals surface area contributed by atoms with Gasteiger partial charge in [-0.05, 0) is 47.7 Å². The molecule has 0 unspecified atom stereocenters. The number of aromatic amines is 1. The average Bonchev–Trinajstić information content (AvgIpc) is 2.50. The topological polar surface area (TPSA) is 67.6 Å². The Balaban J connectivity index is 2.51. The van der Waals surface area contributed by atoms with Gasteiger partial charge in [-0.15, -0.1) is 0 Å². The van der Waals surface area contributed by atoms with Crippen LogP contribution in [0.3, 0.4) is 0 Å². The SMILES string of the molecule is Cc1nc(-c2cc(N)cc(I)c2)n[nH]1. The van der Waals surface area contributed by atoms with E-state index in [9.17, 15) is 0 Å². The molecule has 2 aromatic rings. The molecule has 1 aromatic carbocycles. The van der Waals surface area contributed by atoms with Gasteiger partial charge < -0.3 is 5.73 Å². The molecule has 0 atom stereocenters. The molecule has 1 aromatic heterocycles. The summed E-state index contributed by atoms with van der Waals surface area (Å²) in [6, 6.07) is 5.77. The molecule has 5 heteroatoms. The van der Waals surface area contributed by atoms with Gasteiger partial charge >= 0.3 is 0 Å². The van der Waals surface area contributed by atoms with E-state index in [2.05, 4.69) is 37.8 Å². The summed E-state index contributed by atoms with van der Waals surface area (Å²) in [5, 5.41) is 6.87. The number of anilines is 1. The predicted octanol–water partition coefficient (Wildman–Crippen LogP) is 1.97. The molecule has 4 nitrogen and oxygen atoms in total. The first-order valence-corrected chi connectivity index (χ1v) is 5.18. The van der Waals surface area contributed by atoms with Crippen LogP contribution in [-0.4, -0.2) is 15.2 Å². The highest BCUT2D eigenvalue weighted by atomic mass is 127. The average molecular weight is 300 g/mol.